The number of hydrogen-bond donors (Lipinski definition) is 2. The minimum absolute atomic E-state index is 0.0745. The minimum Gasteiger partial charge on any atom is -0.461 e. The summed E-state index contributed by atoms with van der Waals surface area (Å²) in [6, 6.07) is 6.83. The highest BCUT2D eigenvalue weighted by molar-refractivity contribution is 6.00. The van der Waals surface area contributed by atoms with Gasteiger partial charge in [-0.3, -0.25) is 4.79 Å². The van der Waals surface area contributed by atoms with Crippen molar-refractivity contribution in [3.05, 3.63) is 35.5 Å². The molecule has 0 saturated carbocycles. The molecule has 6 heteroatoms. The Balaban J connectivity index is 2.19. The second-order valence-corrected chi connectivity index (χ2v) is 5.04. The van der Waals surface area contributed by atoms with Gasteiger partial charge in [0.15, 0.2) is 0 Å². The van der Waals surface area contributed by atoms with E-state index in [2.05, 4.69) is 10.3 Å². The molecule has 2 rings (SSSR count). The number of carbonyl (C=O) groups is 2. The van der Waals surface area contributed by atoms with E-state index in [0.717, 1.165) is 10.9 Å². The number of benzene rings is 1. The first-order valence-electron chi connectivity index (χ1n) is 7.14. The Morgan fingerprint density at radius 3 is 2.77 bits per heavy atom. The van der Waals surface area contributed by atoms with Crippen molar-refractivity contribution in [1.29, 1.82) is 0 Å². The van der Waals surface area contributed by atoms with Crippen molar-refractivity contribution in [3.8, 4) is 0 Å². The maximum absolute atomic E-state index is 12.1. The molecule has 1 unspecified atom stereocenters. The first kappa shape index (κ1) is 16.0. The summed E-state index contributed by atoms with van der Waals surface area (Å²) in [6.45, 7) is 4.39. The van der Waals surface area contributed by atoms with E-state index in [1.54, 1.807) is 38.3 Å². The molecule has 0 aliphatic rings. The van der Waals surface area contributed by atoms with Crippen LogP contribution in [0.5, 0.6) is 0 Å². The second-order valence-electron chi connectivity index (χ2n) is 5.04. The predicted molar refractivity (Wildman–Crippen MR) is 83.1 cm³/mol. The normalized spacial score (nSPS) is 12.1. The lowest BCUT2D eigenvalue weighted by Crippen LogP contribution is -2.35. The standard InChI is InChI=1S/C16H20N2O4/c1-4-22-16(20)14-8-12-7-11(5-6-13(12)18-14)15(19)17-10(2)9-21-3/h5-8,10,18H,4,9H2,1-3H3,(H,17,19). The lowest BCUT2D eigenvalue weighted by Gasteiger charge is -2.12. The molecule has 0 radical (unpaired) electrons. The van der Waals surface area contributed by atoms with Gasteiger partial charge in [0.1, 0.15) is 5.69 Å². The fraction of sp³-hybridized carbons (Fsp3) is 0.375. The predicted octanol–water partition coefficient (Wildman–Crippen LogP) is 2.11. The van der Waals surface area contributed by atoms with Crippen LogP contribution in [0, 0.1) is 0 Å². The van der Waals surface area contributed by atoms with Crippen molar-refractivity contribution >= 4 is 22.8 Å². The van der Waals surface area contributed by atoms with Crippen LogP contribution < -0.4 is 5.32 Å². The fourth-order valence-corrected chi connectivity index (χ4v) is 2.19. The molecular weight excluding hydrogens is 284 g/mol. The molecule has 2 aromatic rings. The highest BCUT2D eigenvalue weighted by Crippen LogP contribution is 2.18. The molecule has 2 N–H and O–H groups in total. The molecule has 0 spiro atoms. The van der Waals surface area contributed by atoms with E-state index in [1.165, 1.54) is 0 Å². The van der Waals surface area contributed by atoms with E-state index < -0.39 is 5.97 Å². The van der Waals surface area contributed by atoms with Crippen LogP contribution in [-0.4, -0.2) is 43.2 Å². The molecule has 1 aromatic heterocycles. The van der Waals surface area contributed by atoms with Gasteiger partial charge >= 0.3 is 5.97 Å². The van der Waals surface area contributed by atoms with Crippen LogP contribution >= 0.6 is 0 Å². The molecule has 1 heterocycles. The summed E-state index contributed by atoms with van der Waals surface area (Å²) >= 11 is 0. The molecule has 118 valence electrons. The Hall–Kier alpha value is -2.34. The maximum Gasteiger partial charge on any atom is 0.354 e. The highest BCUT2D eigenvalue weighted by Gasteiger charge is 2.13. The fourth-order valence-electron chi connectivity index (χ4n) is 2.19. The van der Waals surface area contributed by atoms with Gasteiger partial charge < -0.3 is 19.8 Å². The quantitative estimate of drug-likeness (QED) is 0.801. The monoisotopic (exact) mass is 304 g/mol. The number of amides is 1. The SMILES string of the molecule is CCOC(=O)c1cc2cc(C(=O)NC(C)COC)ccc2[nH]1. The zero-order chi connectivity index (χ0) is 16.1. The molecule has 6 nitrogen and oxygen atoms in total. The summed E-state index contributed by atoms with van der Waals surface area (Å²) in [6.07, 6.45) is 0. The third-order valence-corrected chi connectivity index (χ3v) is 3.17. The summed E-state index contributed by atoms with van der Waals surface area (Å²) in [4.78, 5) is 26.8. The van der Waals surface area contributed by atoms with E-state index >= 15 is 0 Å². The van der Waals surface area contributed by atoms with Crippen LogP contribution in [0.15, 0.2) is 24.3 Å². The number of aromatic amines is 1. The Morgan fingerprint density at radius 1 is 1.32 bits per heavy atom. The molecule has 22 heavy (non-hydrogen) atoms. The molecule has 1 atom stereocenters. The number of nitrogens with one attached hydrogen (secondary N) is 2. The Morgan fingerprint density at radius 2 is 2.09 bits per heavy atom. The topological polar surface area (TPSA) is 80.4 Å². The van der Waals surface area contributed by atoms with Gasteiger partial charge in [0.05, 0.1) is 13.2 Å². The van der Waals surface area contributed by atoms with Crippen molar-refractivity contribution in [2.75, 3.05) is 20.3 Å². The van der Waals surface area contributed by atoms with E-state index in [0.29, 0.717) is 24.5 Å². The van der Waals surface area contributed by atoms with Gasteiger partial charge in [-0.15, -0.1) is 0 Å². The molecular formula is C16H20N2O4. The Labute approximate surface area is 128 Å². The third-order valence-electron chi connectivity index (χ3n) is 3.17. The average molecular weight is 304 g/mol. The summed E-state index contributed by atoms with van der Waals surface area (Å²) in [5.74, 6) is -0.580. The summed E-state index contributed by atoms with van der Waals surface area (Å²) in [5, 5.41) is 3.63. The third kappa shape index (κ3) is 3.65. The van der Waals surface area contributed by atoms with Crippen LogP contribution in [0.25, 0.3) is 10.9 Å². The number of fused-ring (bicyclic) bond motifs is 1. The maximum atomic E-state index is 12.1. The van der Waals surface area contributed by atoms with Crippen LogP contribution in [0.1, 0.15) is 34.7 Å². The molecule has 1 amide bonds. The smallest absolute Gasteiger partial charge is 0.354 e. The zero-order valence-electron chi connectivity index (χ0n) is 12.9. The average Bonchev–Trinajstić information content (AvgIpc) is 2.90. The van der Waals surface area contributed by atoms with E-state index in [1.807, 2.05) is 6.92 Å². The van der Waals surface area contributed by atoms with Crippen LogP contribution in [0.3, 0.4) is 0 Å². The summed E-state index contributed by atoms with van der Waals surface area (Å²) in [5.41, 5.74) is 1.69. The van der Waals surface area contributed by atoms with Gasteiger partial charge in [0.25, 0.3) is 5.91 Å². The Bertz CT molecular complexity index is 678. The molecule has 1 aromatic carbocycles. The molecule has 0 aliphatic carbocycles. The lowest BCUT2D eigenvalue weighted by molar-refractivity contribution is 0.0520. The number of ether oxygens (including phenoxy) is 2. The number of hydrogen-bond acceptors (Lipinski definition) is 4. The number of carbonyl (C=O) groups excluding carboxylic acids is 2. The van der Waals surface area contributed by atoms with Crippen LogP contribution in [0.4, 0.5) is 0 Å². The number of rotatable bonds is 6. The van der Waals surface area contributed by atoms with Crippen molar-refractivity contribution < 1.29 is 19.1 Å². The van der Waals surface area contributed by atoms with Gasteiger partial charge in [-0.1, -0.05) is 0 Å². The van der Waals surface area contributed by atoms with E-state index in [9.17, 15) is 9.59 Å². The highest BCUT2D eigenvalue weighted by atomic mass is 16.5. The first-order chi connectivity index (χ1) is 10.5. The Kier molecular flexibility index (Phi) is 5.16. The second kappa shape index (κ2) is 7.09. The minimum atomic E-state index is -0.404. The summed E-state index contributed by atoms with van der Waals surface area (Å²) < 4.78 is 9.94. The van der Waals surface area contributed by atoms with Crippen molar-refractivity contribution in [2.24, 2.45) is 0 Å². The molecule has 0 saturated heterocycles. The van der Waals surface area contributed by atoms with Gasteiger partial charge in [-0.2, -0.15) is 0 Å². The lowest BCUT2D eigenvalue weighted by atomic mass is 10.1. The van der Waals surface area contributed by atoms with Gasteiger partial charge in [0, 0.05) is 29.6 Å². The van der Waals surface area contributed by atoms with Crippen molar-refractivity contribution in [3.63, 3.8) is 0 Å². The molecule has 0 bridgehead atoms. The van der Waals surface area contributed by atoms with Crippen molar-refractivity contribution in [2.45, 2.75) is 19.9 Å². The van der Waals surface area contributed by atoms with E-state index in [4.69, 9.17) is 9.47 Å². The van der Waals surface area contributed by atoms with Gasteiger partial charge in [-0.25, -0.2) is 4.79 Å². The largest absolute Gasteiger partial charge is 0.461 e. The number of methoxy groups -OCH3 is 1. The number of aromatic nitrogens is 1. The molecule has 0 aliphatic heterocycles. The van der Waals surface area contributed by atoms with Crippen molar-refractivity contribution in [1.82, 2.24) is 10.3 Å². The summed E-state index contributed by atoms with van der Waals surface area (Å²) in [7, 11) is 1.59. The number of H-pyrrole nitrogens is 1. The van der Waals surface area contributed by atoms with Crippen LogP contribution in [-0.2, 0) is 9.47 Å². The van der Waals surface area contributed by atoms with E-state index in [-0.39, 0.29) is 11.9 Å². The van der Waals surface area contributed by atoms with Gasteiger partial charge in [0.2, 0.25) is 0 Å². The van der Waals surface area contributed by atoms with Crippen LogP contribution in [0.2, 0.25) is 0 Å². The zero-order valence-corrected chi connectivity index (χ0v) is 12.9. The first-order valence-corrected chi connectivity index (χ1v) is 7.14. The van der Waals surface area contributed by atoms with Gasteiger partial charge in [-0.05, 0) is 38.1 Å². The number of esters is 1. The molecule has 0 fully saturated rings.